The summed E-state index contributed by atoms with van der Waals surface area (Å²) in [6.07, 6.45) is 7.79. The molecule has 1 saturated carbocycles. The summed E-state index contributed by atoms with van der Waals surface area (Å²) < 4.78 is 37.7. The summed E-state index contributed by atoms with van der Waals surface area (Å²) in [5.74, 6) is 0.0513. The lowest BCUT2D eigenvalue weighted by atomic mass is 9.91. The SMILES string of the molecule is O=C(c1cncc(OS(=O)(=O)F)c1)N1CCCC2CCCC21. The molecule has 8 heteroatoms. The summed E-state index contributed by atoms with van der Waals surface area (Å²) >= 11 is 0. The van der Waals surface area contributed by atoms with E-state index in [1.165, 1.54) is 12.3 Å². The Hall–Kier alpha value is -1.70. The summed E-state index contributed by atoms with van der Waals surface area (Å²) in [4.78, 5) is 18.3. The van der Waals surface area contributed by atoms with Crippen molar-refractivity contribution in [3.05, 3.63) is 24.0 Å². The Balaban J connectivity index is 1.81. The van der Waals surface area contributed by atoms with Crippen LogP contribution in [-0.2, 0) is 10.5 Å². The molecule has 2 atom stereocenters. The number of aromatic nitrogens is 1. The maximum atomic E-state index is 12.6. The Bertz CT molecular complexity index is 679. The van der Waals surface area contributed by atoms with E-state index in [0.29, 0.717) is 12.5 Å². The monoisotopic (exact) mass is 328 g/mol. The van der Waals surface area contributed by atoms with Crippen LogP contribution in [0.1, 0.15) is 42.5 Å². The van der Waals surface area contributed by atoms with Crippen LogP contribution in [0.5, 0.6) is 5.75 Å². The number of nitrogens with zero attached hydrogens (tertiary/aromatic N) is 2. The van der Waals surface area contributed by atoms with Crippen LogP contribution in [0.15, 0.2) is 18.5 Å². The van der Waals surface area contributed by atoms with Crippen LogP contribution in [0.3, 0.4) is 0 Å². The third-order valence-corrected chi connectivity index (χ3v) is 4.80. The lowest BCUT2D eigenvalue weighted by Gasteiger charge is -2.37. The Morgan fingerprint density at radius 3 is 2.82 bits per heavy atom. The van der Waals surface area contributed by atoms with Crippen molar-refractivity contribution in [3.63, 3.8) is 0 Å². The first kappa shape index (κ1) is 15.2. The molecule has 120 valence electrons. The van der Waals surface area contributed by atoms with Crippen molar-refractivity contribution in [3.8, 4) is 5.75 Å². The second kappa shape index (κ2) is 5.83. The van der Waals surface area contributed by atoms with Gasteiger partial charge < -0.3 is 9.08 Å². The third kappa shape index (κ3) is 3.21. The lowest BCUT2D eigenvalue weighted by molar-refractivity contribution is 0.0547. The van der Waals surface area contributed by atoms with Gasteiger partial charge in [0.2, 0.25) is 0 Å². The van der Waals surface area contributed by atoms with Crippen molar-refractivity contribution in [2.75, 3.05) is 6.54 Å². The average molecular weight is 328 g/mol. The molecule has 6 nitrogen and oxygen atoms in total. The molecule has 2 unspecified atom stereocenters. The van der Waals surface area contributed by atoms with E-state index in [2.05, 4.69) is 9.17 Å². The molecule has 1 amide bonds. The van der Waals surface area contributed by atoms with Gasteiger partial charge in [0.1, 0.15) is 0 Å². The first-order valence-electron chi connectivity index (χ1n) is 7.34. The summed E-state index contributed by atoms with van der Waals surface area (Å²) in [6.45, 7) is 0.687. The minimum Gasteiger partial charge on any atom is -0.357 e. The number of pyridine rings is 1. The molecule has 1 saturated heterocycles. The number of rotatable bonds is 3. The van der Waals surface area contributed by atoms with Crippen molar-refractivity contribution in [2.45, 2.75) is 38.1 Å². The van der Waals surface area contributed by atoms with Gasteiger partial charge >= 0.3 is 10.5 Å². The third-order valence-electron chi connectivity index (χ3n) is 4.41. The number of amides is 1. The van der Waals surface area contributed by atoms with Crippen LogP contribution in [0.25, 0.3) is 0 Å². The number of likely N-dealkylation sites (tertiary alicyclic amines) is 1. The molecule has 2 aliphatic rings. The van der Waals surface area contributed by atoms with Gasteiger partial charge in [-0.05, 0) is 37.7 Å². The molecular formula is C14H17FN2O4S. The number of halogens is 1. The summed E-state index contributed by atoms with van der Waals surface area (Å²) in [6, 6.07) is 1.46. The predicted molar refractivity (Wildman–Crippen MR) is 76.3 cm³/mol. The van der Waals surface area contributed by atoms with Crippen molar-refractivity contribution < 1.29 is 21.3 Å². The summed E-state index contributed by atoms with van der Waals surface area (Å²) in [5, 5.41) is 0. The average Bonchev–Trinajstić information content (AvgIpc) is 2.93. The molecule has 2 heterocycles. The largest absolute Gasteiger partial charge is 0.488 e. The van der Waals surface area contributed by atoms with Crippen LogP contribution >= 0.6 is 0 Å². The van der Waals surface area contributed by atoms with Gasteiger partial charge in [-0.15, -0.1) is 0 Å². The van der Waals surface area contributed by atoms with Crippen molar-refractivity contribution in [1.29, 1.82) is 0 Å². The van der Waals surface area contributed by atoms with Gasteiger partial charge in [-0.1, -0.05) is 10.3 Å². The molecule has 0 spiro atoms. The fourth-order valence-electron chi connectivity index (χ4n) is 3.57. The number of hydrogen-bond acceptors (Lipinski definition) is 5. The van der Waals surface area contributed by atoms with E-state index >= 15 is 0 Å². The smallest absolute Gasteiger partial charge is 0.357 e. The highest BCUT2D eigenvalue weighted by Gasteiger charge is 2.37. The zero-order chi connectivity index (χ0) is 15.7. The van der Waals surface area contributed by atoms with Gasteiger partial charge in [0.15, 0.2) is 5.75 Å². The van der Waals surface area contributed by atoms with E-state index in [1.54, 1.807) is 0 Å². The maximum Gasteiger partial charge on any atom is 0.488 e. The summed E-state index contributed by atoms with van der Waals surface area (Å²) in [5.41, 5.74) is 0.216. The molecule has 0 radical (unpaired) electrons. The minimum absolute atomic E-state index is 0.203. The van der Waals surface area contributed by atoms with E-state index in [0.717, 1.165) is 38.3 Å². The molecule has 1 aliphatic heterocycles. The van der Waals surface area contributed by atoms with E-state index in [-0.39, 0.29) is 23.3 Å². The van der Waals surface area contributed by atoms with Gasteiger partial charge in [-0.3, -0.25) is 9.78 Å². The molecule has 2 fully saturated rings. The highest BCUT2D eigenvalue weighted by Crippen LogP contribution is 2.37. The molecule has 1 aromatic heterocycles. The topological polar surface area (TPSA) is 76.6 Å². The van der Waals surface area contributed by atoms with E-state index < -0.39 is 10.5 Å². The highest BCUT2D eigenvalue weighted by atomic mass is 32.3. The van der Waals surface area contributed by atoms with Crippen LogP contribution in [0.4, 0.5) is 3.89 Å². The molecule has 0 bridgehead atoms. The Kier molecular flexibility index (Phi) is 4.03. The van der Waals surface area contributed by atoms with Gasteiger partial charge in [0.05, 0.1) is 11.8 Å². The second-order valence-electron chi connectivity index (χ2n) is 5.78. The van der Waals surface area contributed by atoms with Gasteiger partial charge in [0, 0.05) is 18.8 Å². The molecule has 1 aromatic rings. The van der Waals surface area contributed by atoms with Crippen LogP contribution in [0, 0.1) is 5.92 Å². The van der Waals surface area contributed by atoms with Gasteiger partial charge in [-0.2, -0.15) is 8.42 Å². The molecule has 0 aromatic carbocycles. The minimum atomic E-state index is -5.12. The molecular weight excluding hydrogens is 311 g/mol. The van der Waals surface area contributed by atoms with Crippen LogP contribution in [0.2, 0.25) is 0 Å². The van der Waals surface area contributed by atoms with E-state index in [1.807, 2.05) is 4.90 Å². The quantitative estimate of drug-likeness (QED) is 0.794. The van der Waals surface area contributed by atoms with Crippen LogP contribution < -0.4 is 4.18 Å². The standard InChI is InChI=1S/C14H17FN2O4S/c15-22(19,20)21-12-7-11(8-16-9-12)14(18)17-6-2-4-10-3-1-5-13(10)17/h7-10,13H,1-6H2. The number of carbonyl (C=O) groups is 1. The maximum absolute atomic E-state index is 12.6. The zero-order valence-corrected chi connectivity index (χ0v) is 12.8. The Labute approximate surface area is 128 Å². The van der Waals surface area contributed by atoms with Crippen LogP contribution in [-0.4, -0.2) is 36.8 Å². The normalized spacial score (nSPS) is 24.9. The van der Waals surface area contributed by atoms with Gasteiger partial charge in [0.25, 0.3) is 5.91 Å². The number of hydrogen-bond donors (Lipinski definition) is 0. The Morgan fingerprint density at radius 1 is 1.27 bits per heavy atom. The van der Waals surface area contributed by atoms with Gasteiger partial charge in [-0.25, -0.2) is 0 Å². The number of carbonyl (C=O) groups excluding carboxylic acids is 1. The summed E-state index contributed by atoms with van der Waals surface area (Å²) in [7, 11) is -5.12. The fraction of sp³-hybridized carbons (Fsp3) is 0.571. The van der Waals surface area contributed by atoms with E-state index in [9.17, 15) is 17.1 Å². The molecule has 0 N–H and O–H groups in total. The first-order chi connectivity index (χ1) is 10.4. The predicted octanol–water partition coefficient (Wildman–Crippen LogP) is 2.08. The van der Waals surface area contributed by atoms with Crippen molar-refractivity contribution in [1.82, 2.24) is 9.88 Å². The fourth-order valence-corrected chi connectivity index (χ4v) is 3.89. The highest BCUT2D eigenvalue weighted by molar-refractivity contribution is 7.81. The molecule has 22 heavy (non-hydrogen) atoms. The number of piperidine rings is 1. The van der Waals surface area contributed by atoms with E-state index in [4.69, 9.17) is 0 Å². The van der Waals surface area contributed by atoms with Crippen molar-refractivity contribution >= 4 is 16.4 Å². The second-order valence-corrected chi connectivity index (χ2v) is 6.74. The first-order valence-corrected chi connectivity index (χ1v) is 8.65. The lowest BCUT2D eigenvalue weighted by Crippen LogP contribution is -2.46. The molecule has 1 aliphatic carbocycles. The number of fused-ring (bicyclic) bond motifs is 1. The Morgan fingerprint density at radius 2 is 2.05 bits per heavy atom. The zero-order valence-electron chi connectivity index (χ0n) is 11.9. The molecule has 3 rings (SSSR count). The van der Waals surface area contributed by atoms with Crippen molar-refractivity contribution in [2.24, 2.45) is 5.92 Å².